The number of anilines is 1. The van der Waals surface area contributed by atoms with Gasteiger partial charge in [-0.1, -0.05) is 49.7 Å². The number of carbonyl (C=O) groups excluding carboxylic acids is 2. The Morgan fingerprint density at radius 3 is 2.57 bits per heavy atom. The Morgan fingerprint density at radius 1 is 1.26 bits per heavy atom. The van der Waals surface area contributed by atoms with Crippen molar-refractivity contribution in [1.29, 1.82) is 0 Å². The van der Waals surface area contributed by atoms with Crippen LogP contribution in [0.1, 0.15) is 47.7 Å². The Labute approximate surface area is 207 Å². The molecular formula is C24H28ClF3N4O3. The van der Waals surface area contributed by atoms with Crippen molar-refractivity contribution < 1.29 is 27.5 Å². The first-order valence-corrected chi connectivity index (χ1v) is 11.6. The predicted octanol–water partition coefficient (Wildman–Crippen LogP) is 4.34. The molecule has 3 rings (SSSR count). The molecule has 7 nitrogen and oxygen atoms in total. The minimum atomic E-state index is -4.66. The van der Waals surface area contributed by atoms with Crippen LogP contribution in [0, 0.1) is 0 Å². The van der Waals surface area contributed by atoms with E-state index in [1.807, 2.05) is 43.0 Å². The minimum absolute atomic E-state index is 0.109. The van der Waals surface area contributed by atoms with Crippen molar-refractivity contribution in [2.24, 2.45) is 0 Å². The molecule has 1 aromatic heterocycles. The predicted molar refractivity (Wildman–Crippen MR) is 127 cm³/mol. The third kappa shape index (κ3) is 6.31. The molecule has 2 heterocycles. The van der Waals surface area contributed by atoms with Crippen LogP contribution in [0.5, 0.6) is 0 Å². The highest BCUT2D eigenvalue weighted by Gasteiger charge is 2.51. The highest BCUT2D eigenvalue weighted by atomic mass is 35.5. The average molecular weight is 513 g/mol. The van der Waals surface area contributed by atoms with Gasteiger partial charge in [0.15, 0.2) is 0 Å². The molecule has 2 amide bonds. The third-order valence-corrected chi connectivity index (χ3v) is 6.20. The number of hydrogen-bond donors (Lipinski definition) is 2. The summed E-state index contributed by atoms with van der Waals surface area (Å²) in [5.74, 6) is -0.618. The highest BCUT2D eigenvalue weighted by Crippen LogP contribution is 2.40. The molecule has 0 saturated carbocycles. The van der Waals surface area contributed by atoms with Crippen LogP contribution >= 0.6 is 11.6 Å². The normalized spacial score (nSPS) is 15.5. The van der Waals surface area contributed by atoms with Crippen LogP contribution in [0.15, 0.2) is 36.5 Å². The van der Waals surface area contributed by atoms with Crippen molar-refractivity contribution in [3.05, 3.63) is 58.4 Å². The lowest BCUT2D eigenvalue weighted by Crippen LogP contribution is -2.65. The zero-order valence-electron chi connectivity index (χ0n) is 19.7. The Hall–Kier alpha value is -2.69. The molecule has 35 heavy (non-hydrogen) atoms. The summed E-state index contributed by atoms with van der Waals surface area (Å²) in [6.07, 6.45) is -3.16. The maximum absolute atomic E-state index is 13.7. The van der Waals surface area contributed by atoms with E-state index in [1.165, 1.54) is 19.3 Å². The molecule has 1 saturated heterocycles. The Kier molecular flexibility index (Phi) is 8.40. The molecule has 1 aliphatic rings. The number of amides is 2. The van der Waals surface area contributed by atoms with Crippen LogP contribution < -0.4 is 10.6 Å². The number of likely N-dealkylation sites (tertiary alicyclic amines) is 1. The molecule has 2 aromatic rings. The first-order valence-electron chi connectivity index (χ1n) is 11.2. The molecule has 1 aliphatic heterocycles. The van der Waals surface area contributed by atoms with E-state index in [4.69, 9.17) is 11.6 Å². The van der Waals surface area contributed by atoms with Gasteiger partial charge in [-0.15, -0.1) is 13.2 Å². The summed E-state index contributed by atoms with van der Waals surface area (Å²) in [4.78, 5) is 32.0. The number of carbonyl (C=O) groups is 2. The van der Waals surface area contributed by atoms with E-state index >= 15 is 0 Å². The summed E-state index contributed by atoms with van der Waals surface area (Å²) in [5, 5.41) is 5.47. The monoisotopic (exact) mass is 512 g/mol. The second-order valence-electron chi connectivity index (χ2n) is 8.77. The molecular weight excluding hydrogens is 485 g/mol. The number of hydrogen-bond acceptors (Lipinski definition) is 5. The summed E-state index contributed by atoms with van der Waals surface area (Å²) >= 11 is 5.95. The molecule has 1 aromatic carbocycles. The van der Waals surface area contributed by atoms with Gasteiger partial charge in [0.25, 0.3) is 5.91 Å². The SMILES string of the molecule is CNC(=O)c1cc(Cl)ncc1NC(=O)C1(c2ccccc2C(C)C)CN(CCCOC(F)(F)F)C1. The minimum Gasteiger partial charge on any atom is -0.355 e. The van der Waals surface area contributed by atoms with Gasteiger partial charge in [0, 0.05) is 26.7 Å². The van der Waals surface area contributed by atoms with Gasteiger partial charge in [-0.05, 0) is 29.5 Å². The maximum Gasteiger partial charge on any atom is 0.522 e. The van der Waals surface area contributed by atoms with E-state index in [1.54, 1.807) is 0 Å². The third-order valence-electron chi connectivity index (χ3n) is 5.99. The standard InChI is InChI=1S/C24H28ClF3N4O3/c1-15(2)16-7-4-5-8-18(16)23(13-32(14-23)9-6-10-35-24(26,27)28)22(34)31-19-12-30-20(25)11-17(19)21(33)29-3/h4-5,7-8,11-12,15H,6,9-10,13-14H2,1-3H3,(H,29,33)(H,31,34). The van der Waals surface area contributed by atoms with Gasteiger partial charge < -0.3 is 15.5 Å². The molecule has 0 bridgehead atoms. The molecule has 0 spiro atoms. The summed E-state index contributed by atoms with van der Waals surface area (Å²) < 4.78 is 40.6. The van der Waals surface area contributed by atoms with Crippen molar-refractivity contribution in [1.82, 2.24) is 15.2 Å². The van der Waals surface area contributed by atoms with Gasteiger partial charge in [0.2, 0.25) is 5.91 Å². The van der Waals surface area contributed by atoms with Crippen molar-refractivity contribution in [2.75, 3.05) is 38.6 Å². The van der Waals surface area contributed by atoms with E-state index in [2.05, 4.69) is 20.4 Å². The largest absolute Gasteiger partial charge is 0.522 e. The van der Waals surface area contributed by atoms with Crippen molar-refractivity contribution in [3.8, 4) is 0 Å². The number of benzene rings is 1. The molecule has 0 unspecified atom stereocenters. The Morgan fingerprint density at radius 2 is 1.94 bits per heavy atom. The van der Waals surface area contributed by atoms with Gasteiger partial charge in [-0.2, -0.15) is 0 Å². The van der Waals surface area contributed by atoms with E-state index in [-0.39, 0.29) is 34.6 Å². The number of pyridine rings is 1. The van der Waals surface area contributed by atoms with Crippen LogP contribution in [0.4, 0.5) is 18.9 Å². The number of nitrogens with zero attached hydrogens (tertiary/aromatic N) is 2. The summed E-state index contributed by atoms with van der Waals surface area (Å²) in [6.45, 7) is 4.58. The van der Waals surface area contributed by atoms with Crippen molar-refractivity contribution >= 4 is 29.1 Å². The first kappa shape index (κ1) is 26.9. The zero-order chi connectivity index (χ0) is 25.8. The molecule has 1 fully saturated rings. The molecule has 0 aliphatic carbocycles. The highest BCUT2D eigenvalue weighted by molar-refractivity contribution is 6.30. The fourth-order valence-electron chi connectivity index (χ4n) is 4.32. The Balaban J connectivity index is 1.86. The van der Waals surface area contributed by atoms with Crippen LogP contribution in [0.3, 0.4) is 0 Å². The lowest BCUT2D eigenvalue weighted by molar-refractivity contribution is -0.324. The number of ether oxygens (including phenoxy) is 1. The summed E-state index contributed by atoms with van der Waals surface area (Å²) in [6, 6.07) is 9.00. The van der Waals surface area contributed by atoms with E-state index < -0.39 is 24.3 Å². The van der Waals surface area contributed by atoms with Crippen LogP contribution in [0.2, 0.25) is 5.15 Å². The molecule has 0 atom stereocenters. The van der Waals surface area contributed by atoms with Gasteiger partial charge >= 0.3 is 6.36 Å². The second-order valence-corrected chi connectivity index (χ2v) is 9.16. The van der Waals surface area contributed by atoms with Gasteiger partial charge in [-0.3, -0.25) is 14.3 Å². The molecule has 190 valence electrons. The molecule has 0 radical (unpaired) electrons. The Bertz CT molecular complexity index is 1070. The molecule has 2 N–H and O–H groups in total. The molecule has 11 heteroatoms. The van der Waals surface area contributed by atoms with Crippen LogP contribution in [0.25, 0.3) is 0 Å². The second kappa shape index (κ2) is 10.9. The number of aromatic nitrogens is 1. The first-order chi connectivity index (χ1) is 16.5. The van der Waals surface area contributed by atoms with Gasteiger partial charge in [-0.25, -0.2) is 4.98 Å². The lowest BCUT2D eigenvalue weighted by atomic mass is 9.69. The lowest BCUT2D eigenvalue weighted by Gasteiger charge is -2.50. The topological polar surface area (TPSA) is 83.6 Å². The number of rotatable bonds is 9. The summed E-state index contributed by atoms with van der Waals surface area (Å²) in [7, 11) is 1.47. The van der Waals surface area contributed by atoms with Crippen molar-refractivity contribution in [2.45, 2.75) is 38.0 Å². The summed E-state index contributed by atoms with van der Waals surface area (Å²) in [5.41, 5.74) is 1.29. The smallest absolute Gasteiger partial charge is 0.355 e. The van der Waals surface area contributed by atoms with Crippen LogP contribution in [-0.2, 0) is 14.9 Å². The van der Waals surface area contributed by atoms with E-state index in [9.17, 15) is 22.8 Å². The maximum atomic E-state index is 13.7. The van der Waals surface area contributed by atoms with Gasteiger partial charge in [0.05, 0.1) is 29.5 Å². The fraction of sp³-hybridized carbons (Fsp3) is 0.458. The van der Waals surface area contributed by atoms with Crippen LogP contribution in [-0.4, -0.2) is 61.3 Å². The zero-order valence-corrected chi connectivity index (χ0v) is 20.5. The number of halogens is 4. The van der Waals surface area contributed by atoms with Crippen molar-refractivity contribution in [3.63, 3.8) is 0 Å². The quantitative estimate of drug-likeness (QED) is 0.386. The van der Waals surface area contributed by atoms with Gasteiger partial charge in [0.1, 0.15) is 5.15 Å². The number of alkyl halides is 3. The fourth-order valence-corrected chi connectivity index (χ4v) is 4.48. The average Bonchev–Trinajstić information content (AvgIpc) is 2.77. The number of nitrogens with one attached hydrogen (secondary N) is 2. The van der Waals surface area contributed by atoms with E-state index in [0.29, 0.717) is 19.6 Å². The van der Waals surface area contributed by atoms with E-state index in [0.717, 1.165) is 11.1 Å².